The third kappa shape index (κ3) is 4.82. The van der Waals surface area contributed by atoms with Crippen LogP contribution in [0, 0.1) is 0 Å². The summed E-state index contributed by atoms with van der Waals surface area (Å²) < 4.78 is 11.0. The Labute approximate surface area is 126 Å². The SMILES string of the molecule is O=C(O)C(=O)O.O=S=C(c1cnc[nH]1)c1ncccc1Cl. The lowest BCUT2D eigenvalue weighted by atomic mass is 10.2. The largest absolute Gasteiger partial charge is 0.473 e. The number of imidazole rings is 1. The van der Waals surface area contributed by atoms with Gasteiger partial charge in [-0.3, -0.25) is 4.98 Å². The van der Waals surface area contributed by atoms with Gasteiger partial charge in [0, 0.05) is 6.20 Å². The molecular weight excluding hydrogens is 322 g/mol. The quantitative estimate of drug-likeness (QED) is 0.412. The van der Waals surface area contributed by atoms with Crippen molar-refractivity contribution in [3.8, 4) is 0 Å². The number of hydrogen-bond acceptors (Lipinski definition) is 5. The number of nitrogens with one attached hydrogen (secondary N) is 1. The van der Waals surface area contributed by atoms with E-state index < -0.39 is 11.9 Å². The van der Waals surface area contributed by atoms with Gasteiger partial charge >= 0.3 is 11.9 Å². The van der Waals surface area contributed by atoms with Gasteiger partial charge in [0.2, 0.25) is 0 Å². The molecule has 0 aliphatic heterocycles. The maximum absolute atomic E-state index is 11.0. The van der Waals surface area contributed by atoms with Crippen LogP contribution in [0.25, 0.3) is 0 Å². The zero-order valence-corrected chi connectivity index (χ0v) is 11.8. The number of nitrogens with zero attached hydrogens (tertiary/aromatic N) is 2. The van der Waals surface area contributed by atoms with Crippen molar-refractivity contribution < 1.29 is 24.0 Å². The van der Waals surface area contributed by atoms with E-state index in [-0.39, 0.29) is 0 Å². The van der Waals surface area contributed by atoms with Crippen molar-refractivity contribution in [1.29, 1.82) is 0 Å². The minimum absolute atomic E-state index is 0.343. The van der Waals surface area contributed by atoms with E-state index in [0.29, 0.717) is 32.5 Å². The van der Waals surface area contributed by atoms with Gasteiger partial charge in [-0.15, -0.1) is 0 Å². The molecule has 2 aromatic heterocycles. The first-order valence-electron chi connectivity index (χ1n) is 5.20. The molecule has 2 rings (SSSR count). The number of carboxylic acid groups (broad SMARTS) is 2. The monoisotopic (exact) mass is 329 g/mol. The Morgan fingerprint density at radius 3 is 2.38 bits per heavy atom. The fraction of sp³-hybridized carbons (Fsp3) is 0. The summed E-state index contributed by atoms with van der Waals surface area (Å²) in [5.74, 6) is -3.65. The van der Waals surface area contributed by atoms with Crippen molar-refractivity contribution >= 4 is 39.7 Å². The number of pyridine rings is 1. The Morgan fingerprint density at radius 1 is 1.29 bits per heavy atom. The standard InChI is InChI=1S/C9H6ClN3OS.C2H2O4/c10-6-2-1-3-12-8(6)9(15-14)7-4-11-5-13-7;3-1(4)2(5)6/h1-5H,(H,11,13);(H,3,4)(H,5,6). The molecule has 0 unspecified atom stereocenters. The van der Waals surface area contributed by atoms with Gasteiger partial charge in [0.15, 0.2) is 0 Å². The van der Waals surface area contributed by atoms with Crippen molar-refractivity contribution in [3.63, 3.8) is 0 Å². The second kappa shape index (κ2) is 7.92. The Morgan fingerprint density at radius 2 is 1.95 bits per heavy atom. The van der Waals surface area contributed by atoms with Crippen LogP contribution in [0.2, 0.25) is 5.02 Å². The normalized spacial score (nSPS) is 9.19. The van der Waals surface area contributed by atoms with Gasteiger partial charge in [-0.05, 0) is 12.1 Å². The molecule has 0 atom stereocenters. The highest BCUT2D eigenvalue weighted by atomic mass is 35.5. The number of rotatable bonds is 2. The number of H-pyrrole nitrogens is 1. The highest BCUT2D eigenvalue weighted by Crippen LogP contribution is 2.15. The summed E-state index contributed by atoms with van der Waals surface area (Å²) >= 11 is 6.29. The Bertz CT molecular complexity index is 686. The van der Waals surface area contributed by atoms with Crippen LogP contribution >= 0.6 is 11.6 Å². The van der Waals surface area contributed by atoms with Gasteiger partial charge < -0.3 is 15.2 Å². The molecule has 2 aromatic rings. The number of aromatic nitrogens is 3. The Balaban J connectivity index is 0.000000315. The average Bonchev–Trinajstić information content (AvgIpc) is 2.96. The van der Waals surface area contributed by atoms with Crippen LogP contribution in [-0.2, 0) is 20.8 Å². The zero-order chi connectivity index (χ0) is 15.8. The van der Waals surface area contributed by atoms with Crippen LogP contribution < -0.4 is 0 Å². The molecule has 0 spiro atoms. The van der Waals surface area contributed by atoms with Crippen LogP contribution in [0.1, 0.15) is 11.4 Å². The zero-order valence-electron chi connectivity index (χ0n) is 10.2. The van der Waals surface area contributed by atoms with Crippen LogP contribution in [0.15, 0.2) is 30.9 Å². The predicted molar refractivity (Wildman–Crippen MR) is 74.5 cm³/mol. The van der Waals surface area contributed by atoms with Crippen LogP contribution in [0.4, 0.5) is 0 Å². The van der Waals surface area contributed by atoms with E-state index in [9.17, 15) is 4.21 Å². The molecule has 110 valence electrons. The first kappa shape index (κ1) is 16.5. The van der Waals surface area contributed by atoms with E-state index in [1.165, 1.54) is 6.33 Å². The van der Waals surface area contributed by atoms with Crippen LogP contribution in [0.3, 0.4) is 0 Å². The van der Waals surface area contributed by atoms with E-state index in [2.05, 4.69) is 15.0 Å². The minimum atomic E-state index is -1.82. The highest BCUT2D eigenvalue weighted by Gasteiger charge is 2.12. The lowest BCUT2D eigenvalue weighted by Crippen LogP contribution is -2.09. The summed E-state index contributed by atoms with van der Waals surface area (Å²) in [6.07, 6.45) is 4.65. The molecule has 0 radical (unpaired) electrons. The van der Waals surface area contributed by atoms with Gasteiger partial charge in [-0.1, -0.05) is 11.6 Å². The van der Waals surface area contributed by atoms with Crippen molar-refractivity contribution in [2.24, 2.45) is 0 Å². The van der Waals surface area contributed by atoms with Gasteiger partial charge in [0.05, 0.1) is 23.2 Å². The molecular formula is C11H8ClN3O5S. The second-order valence-corrected chi connectivity index (χ2v) is 4.30. The molecule has 0 aromatic carbocycles. The van der Waals surface area contributed by atoms with E-state index >= 15 is 0 Å². The molecule has 0 saturated heterocycles. The van der Waals surface area contributed by atoms with Crippen LogP contribution in [0.5, 0.6) is 0 Å². The molecule has 0 amide bonds. The predicted octanol–water partition coefficient (Wildman–Crippen LogP) is 0.396. The maximum Gasteiger partial charge on any atom is 0.414 e. The molecule has 8 nitrogen and oxygen atoms in total. The molecule has 0 fully saturated rings. The lowest BCUT2D eigenvalue weighted by Gasteiger charge is -2.01. The van der Waals surface area contributed by atoms with E-state index in [1.807, 2.05) is 0 Å². The number of aliphatic carboxylic acids is 2. The Kier molecular flexibility index (Phi) is 6.24. The van der Waals surface area contributed by atoms with Gasteiger partial charge in [-0.2, -0.15) is 0 Å². The number of halogens is 1. The molecule has 0 saturated carbocycles. The fourth-order valence-electron chi connectivity index (χ4n) is 1.14. The smallest absolute Gasteiger partial charge is 0.414 e. The second-order valence-electron chi connectivity index (χ2n) is 3.32. The fourth-order valence-corrected chi connectivity index (χ4v) is 1.86. The number of aromatic amines is 1. The van der Waals surface area contributed by atoms with Gasteiger partial charge in [-0.25, -0.2) is 18.8 Å². The minimum Gasteiger partial charge on any atom is -0.473 e. The number of carboxylic acids is 2. The first-order chi connectivity index (χ1) is 9.97. The van der Waals surface area contributed by atoms with Gasteiger partial charge in [0.25, 0.3) is 0 Å². The molecule has 0 aliphatic carbocycles. The molecule has 0 aliphatic rings. The maximum atomic E-state index is 11.0. The number of hydrogen-bond donors (Lipinski definition) is 3. The average molecular weight is 330 g/mol. The van der Waals surface area contributed by atoms with Crippen LogP contribution in [-0.4, -0.2) is 46.2 Å². The third-order valence-electron chi connectivity index (χ3n) is 1.98. The lowest BCUT2D eigenvalue weighted by molar-refractivity contribution is -0.159. The van der Waals surface area contributed by atoms with Crippen molar-refractivity contribution in [2.75, 3.05) is 0 Å². The molecule has 0 bridgehead atoms. The van der Waals surface area contributed by atoms with Crippen molar-refractivity contribution in [3.05, 3.63) is 47.3 Å². The topological polar surface area (TPSA) is 133 Å². The summed E-state index contributed by atoms with van der Waals surface area (Å²) in [5, 5.41) is 15.2. The third-order valence-corrected chi connectivity index (χ3v) is 2.87. The summed E-state index contributed by atoms with van der Waals surface area (Å²) in [5.41, 5.74) is 1.10. The summed E-state index contributed by atoms with van der Waals surface area (Å²) in [4.78, 5) is 29.4. The van der Waals surface area contributed by atoms with Crippen molar-refractivity contribution in [2.45, 2.75) is 0 Å². The van der Waals surface area contributed by atoms with E-state index in [0.717, 1.165) is 0 Å². The molecule has 3 N–H and O–H groups in total. The molecule has 21 heavy (non-hydrogen) atoms. The first-order valence-corrected chi connectivity index (χ1v) is 6.32. The highest BCUT2D eigenvalue weighted by molar-refractivity contribution is 7.67. The van der Waals surface area contributed by atoms with Crippen molar-refractivity contribution in [1.82, 2.24) is 15.0 Å². The summed E-state index contributed by atoms with van der Waals surface area (Å²) in [6.45, 7) is 0. The summed E-state index contributed by atoms with van der Waals surface area (Å²) in [7, 11) is 0. The summed E-state index contributed by atoms with van der Waals surface area (Å²) in [6, 6.07) is 3.41. The van der Waals surface area contributed by atoms with E-state index in [4.69, 9.17) is 31.4 Å². The molecule has 2 heterocycles. The van der Waals surface area contributed by atoms with Gasteiger partial charge in [0.1, 0.15) is 21.8 Å². The molecule has 10 heteroatoms. The Hall–Kier alpha value is -2.52. The van der Waals surface area contributed by atoms with E-state index in [1.54, 1.807) is 24.5 Å². The number of carbonyl (C=O) groups is 2.